The number of carbonyl (C=O) groups excluding carboxylic acids is 1. The number of thiophene rings is 1. The zero-order valence-electron chi connectivity index (χ0n) is 17.6. The molecule has 0 bridgehead atoms. The smallest absolute Gasteiger partial charge is 0.270 e. The lowest BCUT2D eigenvalue weighted by atomic mass is 10.2. The molecule has 1 fully saturated rings. The van der Waals surface area contributed by atoms with Crippen LogP contribution in [0.5, 0.6) is 5.75 Å². The Balaban J connectivity index is 1.48. The predicted octanol–water partition coefficient (Wildman–Crippen LogP) is 4.01. The first-order valence-corrected chi connectivity index (χ1v) is 12.7. The second kappa shape index (κ2) is 9.26. The van der Waals surface area contributed by atoms with Crippen LogP contribution in [0.15, 0.2) is 47.4 Å². The minimum absolute atomic E-state index is 0.0764. The van der Waals surface area contributed by atoms with Gasteiger partial charge in [-0.3, -0.25) is 14.9 Å². The fourth-order valence-electron chi connectivity index (χ4n) is 3.60. The summed E-state index contributed by atoms with van der Waals surface area (Å²) in [6, 6.07) is 10.5. The number of fused-ring (bicyclic) bond motifs is 1. The fraction of sp³-hybridized carbons (Fsp3) is 0.286. The van der Waals surface area contributed by atoms with Crippen molar-refractivity contribution >= 4 is 54.6 Å². The number of carbonyl (C=O) groups is 1. The lowest BCUT2D eigenvalue weighted by Gasteiger charge is -2.33. The van der Waals surface area contributed by atoms with E-state index in [1.54, 1.807) is 17.0 Å². The monoisotopic (exact) mass is 509 g/mol. The van der Waals surface area contributed by atoms with Crippen molar-refractivity contribution in [1.29, 1.82) is 0 Å². The van der Waals surface area contributed by atoms with Crippen molar-refractivity contribution in [3.63, 3.8) is 0 Å². The van der Waals surface area contributed by atoms with Gasteiger partial charge in [-0.2, -0.15) is 4.31 Å². The Morgan fingerprint density at radius 2 is 1.82 bits per heavy atom. The van der Waals surface area contributed by atoms with Crippen molar-refractivity contribution in [1.82, 2.24) is 9.21 Å². The summed E-state index contributed by atoms with van der Waals surface area (Å²) in [7, 11) is -3.70. The molecule has 1 aliphatic rings. The quantitative estimate of drug-likeness (QED) is 0.367. The molecule has 0 spiro atoms. The molecular weight excluding hydrogens is 490 g/mol. The fourth-order valence-corrected chi connectivity index (χ4v) is 6.54. The van der Waals surface area contributed by atoms with E-state index in [2.05, 4.69) is 0 Å². The molecule has 1 aliphatic heterocycles. The average Bonchev–Trinajstić information content (AvgIpc) is 3.15. The van der Waals surface area contributed by atoms with Gasteiger partial charge in [-0.05, 0) is 37.3 Å². The van der Waals surface area contributed by atoms with Crippen LogP contribution < -0.4 is 4.74 Å². The summed E-state index contributed by atoms with van der Waals surface area (Å²) in [5.41, 5.74) is -0.0764. The minimum Gasteiger partial charge on any atom is -0.494 e. The largest absolute Gasteiger partial charge is 0.494 e. The summed E-state index contributed by atoms with van der Waals surface area (Å²) >= 11 is 7.49. The molecule has 0 saturated carbocycles. The van der Waals surface area contributed by atoms with E-state index in [1.807, 2.05) is 6.92 Å². The van der Waals surface area contributed by atoms with E-state index < -0.39 is 14.9 Å². The van der Waals surface area contributed by atoms with E-state index in [1.165, 1.54) is 34.6 Å². The standard InChI is InChI=1S/C21H20ClN3O6S2/c1-2-31-15-4-6-16(7-5-15)33(29,30)24-11-9-23(10-12-24)21(26)20-19(22)17-8-3-14(25(27)28)13-18(17)32-20/h3-8,13H,2,9-12H2,1H3. The Morgan fingerprint density at radius 3 is 2.42 bits per heavy atom. The van der Waals surface area contributed by atoms with Crippen molar-refractivity contribution in [3.8, 4) is 5.75 Å². The summed E-state index contributed by atoms with van der Waals surface area (Å²) in [5, 5.41) is 11.8. The van der Waals surface area contributed by atoms with Crippen LogP contribution in [0.25, 0.3) is 10.1 Å². The average molecular weight is 510 g/mol. The Hall–Kier alpha value is -2.73. The van der Waals surface area contributed by atoms with E-state index >= 15 is 0 Å². The number of rotatable bonds is 6. The first-order chi connectivity index (χ1) is 15.7. The Kier molecular flexibility index (Phi) is 6.57. The Labute approximate surface area is 199 Å². The third-order valence-corrected chi connectivity index (χ3v) is 8.87. The molecule has 1 amide bonds. The highest BCUT2D eigenvalue weighted by atomic mass is 35.5. The first-order valence-electron chi connectivity index (χ1n) is 10.1. The first kappa shape index (κ1) is 23.4. The molecule has 33 heavy (non-hydrogen) atoms. The van der Waals surface area contributed by atoms with Crippen molar-refractivity contribution < 1.29 is 22.9 Å². The van der Waals surface area contributed by atoms with Gasteiger partial charge in [0.2, 0.25) is 10.0 Å². The Morgan fingerprint density at radius 1 is 1.15 bits per heavy atom. The van der Waals surface area contributed by atoms with Crippen molar-refractivity contribution in [2.24, 2.45) is 0 Å². The van der Waals surface area contributed by atoms with Gasteiger partial charge in [-0.15, -0.1) is 11.3 Å². The molecular formula is C21H20ClN3O6S2. The van der Waals surface area contributed by atoms with Gasteiger partial charge in [-0.25, -0.2) is 8.42 Å². The van der Waals surface area contributed by atoms with E-state index in [0.29, 0.717) is 22.4 Å². The van der Waals surface area contributed by atoms with Gasteiger partial charge in [0.05, 0.1) is 21.4 Å². The van der Waals surface area contributed by atoms with Crippen molar-refractivity contribution in [3.05, 3.63) is 62.5 Å². The SMILES string of the molecule is CCOc1ccc(S(=O)(=O)N2CCN(C(=O)c3sc4cc([N+](=O)[O-])ccc4c3Cl)CC2)cc1. The molecule has 0 unspecified atom stereocenters. The van der Waals surface area contributed by atoms with Gasteiger partial charge in [0.15, 0.2) is 0 Å². The highest BCUT2D eigenvalue weighted by Crippen LogP contribution is 2.38. The van der Waals surface area contributed by atoms with Crippen LogP contribution in [0.1, 0.15) is 16.6 Å². The molecule has 0 radical (unpaired) electrons. The number of nitrogens with zero attached hydrogens (tertiary/aromatic N) is 3. The van der Waals surface area contributed by atoms with Gasteiger partial charge < -0.3 is 9.64 Å². The molecule has 4 rings (SSSR count). The molecule has 1 saturated heterocycles. The summed E-state index contributed by atoms with van der Waals surface area (Å²) < 4.78 is 33.2. The summed E-state index contributed by atoms with van der Waals surface area (Å²) in [6.07, 6.45) is 0. The molecule has 0 aliphatic carbocycles. The molecule has 9 nitrogen and oxygen atoms in total. The number of amides is 1. The molecule has 1 aromatic heterocycles. The number of ether oxygens (including phenoxy) is 1. The summed E-state index contributed by atoms with van der Waals surface area (Å²) in [4.78, 5) is 25.6. The summed E-state index contributed by atoms with van der Waals surface area (Å²) in [6.45, 7) is 3.05. The minimum atomic E-state index is -3.70. The van der Waals surface area contributed by atoms with Gasteiger partial charge >= 0.3 is 0 Å². The van der Waals surface area contributed by atoms with Crippen LogP contribution >= 0.6 is 22.9 Å². The normalized spacial score (nSPS) is 15.0. The number of nitro benzene ring substituents is 1. The molecule has 2 heterocycles. The van der Waals surface area contributed by atoms with E-state index in [4.69, 9.17) is 16.3 Å². The van der Waals surface area contributed by atoms with Gasteiger partial charge in [0.1, 0.15) is 10.6 Å². The molecule has 174 valence electrons. The van der Waals surface area contributed by atoms with Crippen LogP contribution in [0.2, 0.25) is 5.02 Å². The van der Waals surface area contributed by atoms with Gasteiger partial charge in [-0.1, -0.05) is 11.6 Å². The zero-order valence-corrected chi connectivity index (χ0v) is 20.0. The van der Waals surface area contributed by atoms with Crippen LogP contribution in [0, 0.1) is 10.1 Å². The maximum absolute atomic E-state index is 13.1. The summed E-state index contributed by atoms with van der Waals surface area (Å²) in [5.74, 6) is 0.277. The molecule has 0 N–H and O–H groups in total. The van der Waals surface area contributed by atoms with Crippen molar-refractivity contribution in [2.75, 3.05) is 32.8 Å². The van der Waals surface area contributed by atoms with Gasteiger partial charge in [0.25, 0.3) is 11.6 Å². The lowest BCUT2D eigenvalue weighted by molar-refractivity contribution is -0.384. The number of hydrogen-bond donors (Lipinski definition) is 0. The number of sulfonamides is 1. The predicted molar refractivity (Wildman–Crippen MR) is 126 cm³/mol. The van der Waals surface area contributed by atoms with E-state index in [-0.39, 0.29) is 52.6 Å². The highest BCUT2D eigenvalue weighted by molar-refractivity contribution is 7.89. The van der Waals surface area contributed by atoms with E-state index in [9.17, 15) is 23.3 Å². The highest BCUT2D eigenvalue weighted by Gasteiger charge is 2.32. The third-order valence-electron chi connectivity index (χ3n) is 5.32. The molecule has 12 heteroatoms. The van der Waals surface area contributed by atoms with Crippen LogP contribution in [0.3, 0.4) is 0 Å². The van der Waals surface area contributed by atoms with Gasteiger partial charge in [0, 0.05) is 48.4 Å². The zero-order chi connectivity index (χ0) is 23.8. The number of nitro groups is 1. The van der Waals surface area contributed by atoms with E-state index in [0.717, 1.165) is 11.3 Å². The van der Waals surface area contributed by atoms with Crippen LogP contribution in [0.4, 0.5) is 5.69 Å². The Bertz CT molecular complexity index is 1320. The maximum atomic E-state index is 13.1. The number of non-ortho nitro benzene ring substituents is 1. The topological polar surface area (TPSA) is 110 Å². The number of hydrogen-bond acceptors (Lipinski definition) is 7. The molecule has 3 aromatic rings. The number of benzene rings is 2. The number of piperazine rings is 1. The lowest BCUT2D eigenvalue weighted by Crippen LogP contribution is -2.50. The second-order valence-corrected chi connectivity index (χ2v) is 10.7. The van der Waals surface area contributed by atoms with Crippen molar-refractivity contribution in [2.45, 2.75) is 11.8 Å². The molecule has 0 atom stereocenters. The maximum Gasteiger partial charge on any atom is 0.270 e. The van der Waals surface area contributed by atoms with Crippen LogP contribution in [-0.2, 0) is 10.0 Å². The third kappa shape index (κ3) is 4.54. The molecule has 2 aromatic carbocycles. The second-order valence-electron chi connectivity index (χ2n) is 7.28. The van der Waals surface area contributed by atoms with Crippen LogP contribution in [-0.4, -0.2) is 61.2 Å². The number of halogens is 1.